The summed E-state index contributed by atoms with van der Waals surface area (Å²) in [6.45, 7) is 0.940. The molecule has 0 saturated heterocycles. The summed E-state index contributed by atoms with van der Waals surface area (Å²) in [5.41, 5.74) is 3.30. The molecule has 1 atom stereocenters. The highest BCUT2D eigenvalue weighted by molar-refractivity contribution is 7.13. The first-order valence-corrected chi connectivity index (χ1v) is 9.80. The Bertz CT molecular complexity index is 958. The normalized spacial score (nSPS) is 16.1. The van der Waals surface area contributed by atoms with E-state index in [2.05, 4.69) is 5.32 Å². The summed E-state index contributed by atoms with van der Waals surface area (Å²) in [7, 11) is 1.63. The molecule has 2 aromatic carbocycles. The number of nitrogens with one attached hydrogen (secondary N) is 1. The number of thiazole rings is 1. The lowest BCUT2D eigenvalue weighted by molar-refractivity contribution is 0.0606. The number of para-hydroxylation sites is 1. The van der Waals surface area contributed by atoms with Gasteiger partial charge in [0.05, 0.1) is 17.9 Å². The zero-order chi connectivity index (χ0) is 18.8. The van der Waals surface area contributed by atoms with Crippen LogP contribution in [0.1, 0.15) is 22.2 Å². The first-order valence-electron chi connectivity index (χ1n) is 8.54. The zero-order valence-electron chi connectivity index (χ0n) is 14.7. The van der Waals surface area contributed by atoms with Crippen LogP contribution in [-0.4, -0.2) is 36.1 Å². The molecule has 0 spiro atoms. The maximum absolute atomic E-state index is 13.0. The van der Waals surface area contributed by atoms with Gasteiger partial charge in [-0.25, -0.2) is 4.98 Å². The summed E-state index contributed by atoms with van der Waals surface area (Å²) in [4.78, 5) is 19.6. The average molecular weight is 400 g/mol. The molecule has 1 aliphatic heterocycles. The van der Waals surface area contributed by atoms with Crippen LogP contribution in [0.5, 0.6) is 0 Å². The van der Waals surface area contributed by atoms with Crippen molar-refractivity contribution in [3.05, 3.63) is 70.2 Å². The molecule has 1 aliphatic rings. The number of carbonyl (C=O) groups is 1. The van der Waals surface area contributed by atoms with Gasteiger partial charge >= 0.3 is 0 Å². The van der Waals surface area contributed by atoms with Crippen LogP contribution in [0.2, 0.25) is 5.02 Å². The SMILES string of the molecule is COCCN1C(=O)c2ccccc2NC1c1csc(-c2ccc(Cl)cc2)n1. The molecular formula is C20H18ClN3O2S. The van der Waals surface area contributed by atoms with Crippen molar-refractivity contribution in [1.82, 2.24) is 9.88 Å². The molecule has 0 bridgehead atoms. The van der Waals surface area contributed by atoms with Crippen LogP contribution in [0, 0.1) is 0 Å². The van der Waals surface area contributed by atoms with Crippen LogP contribution in [0.15, 0.2) is 53.9 Å². The van der Waals surface area contributed by atoms with Crippen LogP contribution in [-0.2, 0) is 4.74 Å². The van der Waals surface area contributed by atoms with Crippen molar-refractivity contribution in [3.63, 3.8) is 0 Å². The Morgan fingerprint density at radius 3 is 2.78 bits per heavy atom. The van der Waals surface area contributed by atoms with Crippen LogP contribution in [0.25, 0.3) is 10.6 Å². The number of hydrogen-bond donors (Lipinski definition) is 1. The maximum Gasteiger partial charge on any atom is 0.257 e. The zero-order valence-corrected chi connectivity index (χ0v) is 16.3. The smallest absolute Gasteiger partial charge is 0.257 e. The number of hydrogen-bond acceptors (Lipinski definition) is 5. The van der Waals surface area contributed by atoms with E-state index in [1.807, 2.05) is 53.9 Å². The molecule has 5 nitrogen and oxygen atoms in total. The maximum atomic E-state index is 13.0. The molecular weight excluding hydrogens is 382 g/mol. The van der Waals surface area contributed by atoms with E-state index in [1.165, 1.54) is 0 Å². The number of aromatic nitrogens is 1. The van der Waals surface area contributed by atoms with E-state index in [0.29, 0.717) is 23.7 Å². The van der Waals surface area contributed by atoms with Gasteiger partial charge in [0.15, 0.2) is 0 Å². The topological polar surface area (TPSA) is 54.5 Å². The van der Waals surface area contributed by atoms with Gasteiger partial charge in [-0.15, -0.1) is 11.3 Å². The van der Waals surface area contributed by atoms with E-state index in [0.717, 1.165) is 22.0 Å². The molecule has 1 amide bonds. The first kappa shape index (κ1) is 18.0. The van der Waals surface area contributed by atoms with E-state index in [1.54, 1.807) is 23.3 Å². The third-order valence-electron chi connectivity index (χ3n) is 4.45. The number of benzene rings is 2. The van der Waals surface area contributed by atoms with Gasteiger partial charge in [0, 0.05) is 35.3 Å². The fraction of sp³-hybridized carbons (Fsp3) is 0.200. The van der Waals surface area contributed by atoms with Gasteiger partial charge in [0.25, 0.3) is 5.91 Å². The van der Waals surface area contributed by atoms with Gasteiger partial charge < -0.3 is 15.0 Å². The summed E-state index contributed by atoms with van der Waals surface area (Å²) < 4.78 is 5.20. The summed E-state index contributed by atoms with van der Waals surface area (Å²) in [6, 6.07) is 15.1. The molecule has 27 heavy (non-hydrogen) atoms. The van der Waals surface area contributed by atoms with Crippen LogP contribution in [0.4, 0.5) is 5.69 Å². The number of carbonyl (C=O) groups excluding carboxylic acids is 1. The lowest BCUT2D eigenvalue weighted by Gasteiger charge is -2.36. The molecule has 1 N–H and O–H groups in total. The molecule has 2 heterocycles. The van der Waals surface area contributed by atoms with Crippen LogP contribution >= 0.6 is 22.9 Å². The third kappa shape index (κ3) is 3.56. The molecule has 0 fully saturated rings. The Labute approximate surface area is 166 Å². The van der Waals surface area contributed by atoms with Crippen molar-refractivity contribution in [2.24, 2.45) is 0 Å². The number of halogens is 1. The van der Waals surface area contributed by atoms with Gasteiger partial charge in [-0.2, -0.15) is 0 Å². The standard InChI is InChI=1S/C20H18ClN3O2S/c1-26-11-10-24-18(22-16-5-3-2-4-15(16)20(24)25)17-12-27-19(23-17)13-6-8-14(21)9-7-13/h2-9,12,18,22H,10-11H2,1H3. The highest BCUT2D eigenvalue weighted by Gasteiger charge is 2.33. The van der Waals surface area contributed by atoms with Crippen molar-refractivity contribution < 1.29 is 9.53 Å². The second kappa shape index (κ2) is 7.68. The number of anilines is 1. The predicted octanol–water partition coefficient (Wildman–Crippen LogP) is 4.68. The minimum absolute atomic E-state index is 0.0209. The lowest BCUT2D eigenvalue weighted by atomic mass is 10.1. The quantitative estimate of drug-likeness (QED) is 0.677. The summed E-state index contributed by atoms with van der Waals surface area (Å²) in [5.74, 6) is -0.0209. The summed E-state index contributed by atoms with van der Waals surface area (Å²) >= 11 is 7.52. The first-order chi connectivity index (χ1) is 13.2. The van der Waals surface area contributed by atoms with Gasteiger partial charge in [-0.05, 0) is 24.3 Å². The second-order valence-electron chi connectivity index (χ2n) is 6.17. The van der Waals surface area contributed by atoms with Gasteiger partial charge in [-0.3, -0.25) is 4.79 Å². The number of methoxy groups -OCH3 is 1. The number of fused-ring (bicyclic) bond motifs is 1. The van der Waals surface area contributed by atoms with Crippen molar-refractivity contribution in [2.75, 3.05) is 25.6 Å². The Kier molecular flexibility index (Phi) is 5.11. The van der Waals surface area contributed by atoms with Crippen LogP contribution in [0.3, 0.4) is 0 Å². The number of ether oxygens (including phenoxy) is 1. The fourth-order valence-corrected chi connectivity index (χ4v) is 4.05. The van der Waals surface area contributed by atoms with Gasteiger partial charge in [-0.1, -0.05) is 35.9 Å². The molecule has 0 saturated carbocycles. The van der Waals surface area contributed by atoms with Crippen molar-refractivity contribution >= 4 is 34.5 Å². The molecule has 138 valence electrons. The van der Waals surface area contributed by atoms with Crippen LogP contribution < -0.4 is 5.32 Å². The van der Waals surface area contributed by atoms with E-state index >= 15 is 0 Å². The fourth-order valence-electron chi connectivity index (χ4n) is 3.08. The second-order valence-corrected chi connectivity index (χ2v) is 7.46. The molecule has 4 rings (SSSR count). The largest absolute Gasteiger partial charge is 0.383 e. The monoisotopic (exact) mass is 399 g/mol. The third-order valence-corrected chi connectivity index (χ3v) is 5.61. The average Bonchev–Trinajstić information content (AvgIpc) is 3.18. The number of rotatable bonds is 5. The van der Waals surface area contributed by atoms with Crippen molar-refractivity contribution in [1.29, 1.82) is 0 Å². The molecule has 0 radical (unpaired) electrons. The van der Waals surface area contributed by atoms with Gasteiger partial charge in [0.2, 0.25) is 0 Å². The lowest BCUT2D eigenvalue weighted by Crippen LogP contribution is -2.44. The van der Waals surface area contributed by atoms with Crippen molar-refractivity contribution in [2.45, 2.75) is 6.17 Å². The Morgan fingerprint density at radius 1 is 1.22 bits per heavy atom. The van der Waals surface area contributed by atoms with E-state index < -0.39 is 0 Å². The molecule has 1 unspecified atom stereocenters. The number of nitrogens with zero attached hydrogens (tertiary/aromatic N) is 2. The summed E-state index contributed by atoms with van der Waals surface area (Å²) in [6.07, 6.45) is -0.333. The van der Waals surface area contributed by atoms with Gasteiger partial charge in [0.1, 0.15) is 11.2 Å². The predicted molar refractivity (Wildman–Crippen MR) is 108 cm³/mol. The minimum atomic E-state index is -0.333. The molecule has 1 aromatic heterocycles. The van der Waals surface area contributed by atoms with Crippen molar-refractivity contribution in [3.8, 4) is 10.6 Å². The molecule has 7 heteroatoms. The Hall–Kier alpha value is -2.41. The molecule has 0 aliphatic carbocycles. The Balaban J connectivity index is 1.68. The number of amides is 1. The minimum Gasteiger partial charge on any atom is -0.383 e. The Morgan fingerprint density at radius 2 is 2.00 bits per heavy atom. The highest BCUT2D eigenvalue weighted by Crippen LogP contribution is 2.35. The van der Waals surface area contributed by atoms with E-state index in [-0.39, 0.29) is 12.1 Å². The van der Waals surface area contributed by atoms with E-state index in [4.69, 9.17) is 21.3 Å². The molecule has 3 aromatic rings. The van der Waals surface area contributed by atoms with E-state index in [9.17, 15) is 4.79 Å². The summed E-state index contributed by atoms with van der Waals surface area (Å²) in [5, 5.41) is 7.02. The highest BCUT2D eigenvalue weighted by atomic mass is 35.5.